The van der Waals surface area contributed by atoms with E-state index < -0.39 is 0 Å². The minimum atomic E-state index is 0. The lowest BCUT2D eigenvalue weighted by Gasteiger charge is -2.38. The van der Waals surface area contributed by atoms with Crippen molar-refractivity contribution < 1.29 is 18.1 Å². The van der Waals surface area contributed by atoms with Crippen molar-refractivity contribution in [3.63, 3.8) is 0 Å². The fourth-order valence-electron chi connectivity index (χ4n) is 2.10. The summed E-state index contributed by atoms with van der Waals surface area (Å²) in [5, 5.41) is 0. The first-order valence-corrected chi connectivity index (χ1v) is 4.80. The number of hydrogen-bond acceptors (Lipinski definition) is 1. The maximum atomic E-state index is 3.91. The molecule has 3 heteroatoms. The molecule has 0 radical (unpaired) electrons. The summed E-state index contributed by atoms with van der Waals surface area (Å²) >= 11 is 0. The molecule has 3 N–H and O–H groups in total. The van der Waals surface area contributed by atoms with Crippen molar-refractivity contribution in [2.24, 2.45) is 0 Å². The zero-order chi connectivity index (χ0) is 8.27. The Morgan fingerprint density at radius 2 is 1.75 bits per heavy atom. The van der Waals surface area contributed by atoms with Gasteiger partial charge >= 0.3 is 0 Å². The van der Waals surface area contributed by atoms with E-state index in [1.807, 2.05) is 0 Å². The van der Waals surface area contributed by atoms with Crippen LogP contribution in [0.15, 0.2) is 0 Å². The molecule has 0 aromatic rings. The average Bonchev–Trinajstić information content (AvgIpc) is 1.97. The summed E-state index contributed by atoms with van der Waals surface area (Å²) in [4.78, 5) is 2.59. The van der Waals surface area contributed by atoms with Crippen molar-refractivity contribution >= 4 is 0 Å². The highest BCUT2D eigenvalue weighted by Crippen LogP contribution is 2.21. The summed E-state index contributed by atoms with van der Waals surface area (Å²) < 4.78 is 0. The normalized spacial score (nSPS) is 31.2. The molecule has 0 spiro atoms. The van der Waals surface area contributed by atoms with E-state index in [-0.39, 0.29) is 12.4 Å². The molecule has 0 aromatic heterocycles. The minimum absolute atomic E-state index is 0. The zero-order valence-electron chi connectivity index (χ0n) is 8.22. The van der Waals surface area contributed by atoms with Gasteiger partial charge in [-0.05, 0) is 26.7 Å². The number of nitrogens with zero attached hydrogens (tertiary/aromatic N) is 1. The number of likely N-dealkylation sites (tertiary alicyclic amines) is 1. The van der Waals surface area contributed by atoms with E-state index in [1.165, 1.54) is 25.8 Å². The lowest BCUT2D eigenvalue weighted by Crippen LogP contribution is -3.00. The average molecular weight is 193 g/mol. The maximum absolute atomic E-state index is 3.91. The predicted octanol–water partition coefficient (Wildman–Crippen LogP) is -2.50. The predicted molar refractivity (Wildman–Crippen MR) is 47.2 cm³/mol. The zero-order valence-corrected chi connectivity index (χ0v) is 8.98. The van der Waals surface area contributed by atoms with Crippen LogP contribution in [0.4, 0.5) is 0 Å². The first-order valence-electron chi connectivity index (χ1n) is 4.80. The summed E-state index contributed by atoms with van der Waals surface area (Å²) in [5.74, 6) is 0. The van der Waals surface area contributed by atoms with Crippen LogP contribution >= 0.6 is 0 Å². The van der Waals surface area contributed by atoms with Gasteiger partial charge in [-0.2, -0.15) is 0 Å². The fraction of sp³-hybridized carbons (Fsp3) is 1.00. The summed E-state index contributed by atoms with van der Waals surface area (Å²) in [7, 11) is 0. The van der Waals surface area contributed by atoms with Crippen LogP contribution in [0.5, 0.6) is 0 Å². The van der Waals surface area contributed by atoms with E-state index in [0.29, 0.717) is 0 Å². The van der Waals surface area contributed by atoms with Crippen LogP contribution in [0, 0.1) is 0 Å². The monoisotopic (exact) mass is 192 g/mol. The number of quaternary nitrogens is 1. The van der Waals surface area contributed by atoms with E-state index in [2.05, 4.69) is 24.5 Å². The Labute approximate surface area is 81.9 Å². The molecule has 74 valence electrons. The second-order valence-corrected chi connectivity index (χ2v) is 3.72. The van der Waals surface area contributed by atoms with Crippen LogP contribution in [0.25, 0.3) is 0 Å². The van der Waals surface area contributed by atoms with Crippen LogP contribution in [-0.2, 0) is 0 Å². The Kier molecular flexibility index (Phi) is 5.89. The molecular formula is C9H21ClN2. The van der Waals surface area contributed by atoms with Gasteiger partial charge in [-0.25, -0.2) is 0 Å². The molecule has 2 atom stereocenters. The molecule has 1 heterocycles. The highest BCUT2D eigenvalue weighted by molar-refractivity contribution is 4.78. The lowest BCUT2D eigenvalue weighted by atomic mass is 9.98. The summed E-state index contributed by atoms with van der Waals surface area (Å²) in [6, 6.07) is 1.58. The highest BCUT2D eigenvalue weighted by atomic mass is 35.5. The van der Waals surface area contributed by atoms with Gasteiger partial charge in [0.2, 0.25) is 0 Å². The lowest BCUT2D eigenvalue weighted by molar-refractivity contribution is -0.370. The number of rotatable bonds is 2. The van der Waals surface area contributed by atoms with Crippen molar-refractivity contribution in [3.8, 4) is 0 Å². The third-order valence-corrected chi connectivity index (χ3v) is 2.79. The van der Waals surface area contributed by atoms with Crippen molar-refractivity contribution in [2.45, 2.75) is 45.2 Å². The summed E-state index contributed by atoms with van der Waals surface area (Å²) in [6.45, 7) is 6.91. The third kappa shape index (κ3) is 2.92. The minimum Gasteiger partial charge on any atom is -1.00 e. The molecular weight excluding hydrogens is 172 g/mol. The van der Waals surface area contributed by atoms with Gasteiger partial charge in [-0.15, -0.1) is 0 Å². The smallest absolute Gasteiger partial charge is 0.0869 e. The molecule has 1 fully saturated rings. The molecule has 0 unspecified atom stereocenters. The van der Waals surface area contributed by atoms with E-state index >= 15 is 0 Å². The van der Waals surface area contributed by atoms with E-state index in [4.69, 9.17) is 0 Å². The van der Waals surface area contributed by atoms with Crippen molar-refractivity contribution in [2.75, 3.05) is 13.1 Å². The van der Waals surface area contributed by atoms with Crippen LogP contribution in [-0.4, -0.2) is 30.1 Å². The maximum Gasteiger partial charge on any atom is 0.0869 e. The third-order valence-electron chi connectivity index (χ3n) is 2.79. The SMILES string of the molecule is C[C@@H]1CCC[C@H](C)N1CC[NH3+].[Cl-]. The van der Waals surface area contributed by atoms with Crippen LogP contribution in [0.2, 0.25) is 0 Å². The second-order valence-electron chi connectivity index (χ2n) is 3.72. The van der Waals surface area contributed by atoms with Crippen molar-refractivity contribution in [1.82, 2.24) is 4.90 Å². The molecule has 1 aliphatic rings. The largest absolute Gasteiger partial charge is 1.00 e. The van der Waals surface area contributed by atoms with E-state index in [0.717, 1.165) is 18.6 Å². The van der Waals surface area contributed by atoms with Crippen molar-refractivity contribution in [3.05, 3.63) is 0 Å². The molecule has 1 rings (SSSR count). The molecule has 1 saturated heterocycles. The van der Waals surface area contributed by atoms with Gasteiger partial charge in [0.05, 0.1) is 6.54 Å². The molecule has 12 heavy (non-hydrogen) atoms. The quantitative estimate of drug-likeness (QED) is 0.515. The Morgan fingerprint density at radius 1 is 1.25 bits per heavy atom. The number of piperidine rings is 1. The number of hydrogen-bond donors (Lipinski definition) is 1. The van der Waals surface area contributed by atoms with Gasteiger partial charge in [0.1, 0.15) is 0 Å². The summed E-state index contributed by atoms with van der Waals surface area (Å²) in [6.07, 6.45) is 4.17. The molecule has 0 amide bonds. The van der Waals surface area contributed by atoms with Gasteiger partial charge in [0.15, 0.2) is 0 Å². The summed E-state index contributed by atoms with van der Waals surface area (Å²) in [5.41, 5.74) is 3.91. The Balaban J connectivity index is 0.00000121. The molecule has 0 saturated carbocycles. The fourth-order valence-corrected chi connectivity index (χ4v) is 2.10. The Bertz CT molecular complexity index is 109. The van der Waals surface area contributed by atoms with Crippen molar-refractivity contribution in [1.29, 1.82) is 0 Å². The molecule has 0 bridgehead atoms. The van der Waals surface area contributed by atoms with Gasteiger partial charge in [-0.1, -0.05) is 6.42 Å². The standard InChI is InChI=1S/C9H20N2.ClH/c1-8-4-3-5-9(2)11(8)7-6-10;/h8-9H,3-7,10H2,1-2H3;1H/t8-,9+;. The van der Waals surface area contributed by atoms with Gasteiger partial charge in [0, 0.05) is 18.6 Å². The molecule has 2 nitrogen and oxygen atoms in total. The number of halogens is 1. The van der Waals surface area contributed by atoms with Gasteiger partial charge in [0.25, 0.3) is 0 Å². The molecule has 0 aliphatic carbocycles. The van der Waals surface area contributed by atoms with Crippen LogP contribution in [0.1, 0.15) is 33.1 Å². The first kappa shape index (κ1) is 12.2. The Morgan fingerprint density at radius 3 is 2.17 bits per heavy atom. The van der Waals surface area contributed by atoms with E-state index in [9.17, 15) is 0 Å². The van der Waals surface area contributed by atoms with Gasteiger partial charge in [-0.3, -0.25) is 4.90 Å². The molecule has 0 aromatic carbocycles. The van der Waals surface area contributed by atoms with Crippen LogP contribution < -0.4 is 18.1 Å². The van der Waals surface area contributed by atoms with Crippen LogP contribution in [0.3, 0.4) is 0 Å². The van der Waals surface area contributed by atoms with Gasteiger partial charge < -0.3 is 18.1 Å². The first-order chi connectivity index (χ1) is 5.25. The molecule has 1 aliphatic heterocycles. The highest BCUT2D eigenvalue weighted by Gasteiger charge is 2.23. The second kappa shape index (κ2) is 5.79. The topological polar surface area (TPSA) is 30.9 Å². The Hall–Kier alpha value is 0.210. The van der Waals surface area contributed by atoms with E-state index in [1.54, 1.807) is 0 Å².